The highest BCUT2D eigenvalue weighted by molar-refractivity contribution is 9.10. The maximum atomic E-state index is 13.5. The van der Waals surface area contributed by atoms with E-state index in [-0.39, 0.29) is 18.2 Å². The molecule has 0 unspecified atom stereocenters. The van der Waals surface area contributed by atoms with E-state index in [4.69, 9.17) is 12.2 Å². The van der Waals surface area contributed by atoms with Gasteiger partial charge in [-0.3, -0.25) is 14.5 Å². The Bertz CT molecular complexity index is 1010. The van der Waals surface area contributed by atoms with Crippen LogP contribution in [0.5, 0.6) is 0 Å². The number of halogens is 1. The summed E-state index contributed by atoms with van der Waals surface area (Å²) in [6, 6.07) is 16.2. The van der Waals surface area contributed by atoms with Gasteiger partial charge in [0.25, 0.3) is 5.91 Å². The van der Waals surface area contributed by atoms with Gasteiger partial charge in [-0.25, -0.2) is 0 Å². The van der Waals surface area contributed by atoms with Gasteiger partial charge in [0.05, 0.1) is 12.1 Å². The van der Waals surface area contributed by atoms with Crippen molar-refractivity contribution in [3.05, 3.63) is 59.1 Å². The largest absolute Gasteiger partial charge is 0.336 e. The summed E-state index contributed by atoms with van der Waals surface area (Å²) in [6.45, 7) is 5.83. The van der Waals surface area contributed by atoms with Crippen LogP contribution in [0.15, 0.2) is 59.1 Å². The van der Waals surface area contributed by atoms with E-state index in [0.717, 1.165) is 49.3 Å². The van der Waals surface area contributed by atoms with Crippen LogP contribution in [-0.4, -0.2) is 84.0 Å². The smallest absolute Gasteiger partial charge is 0.256 e. The van der Waals surface area contributed by atoms with E-state index < -0.39 is 6.04 Å². The molecular formula is C25H30BrN5O2S. The molecule has 0 bridgehead atoms. The van der Waals surface area contributed by atoms with Crippen molar-refractivity contribution in [1.82, 2.24) is 14.7 Å². The van der Waals surface area contributed by atoms with Crippen molar-refractivity contribution in [1.29, 1.82) is 0 Å². The quantitative estimate of drug-likeness (QED) is 0.515. The van der Waals surface area contributed by atoms with E-state index >= 15 is 0 Å². The van der Waals surface area contributed by atoms with Crippen molar-refractivity contribution in [2.24, 2.45) is 0 Å². The highest BCUT2D eigenvalue weighted by Gasteiger charge is 2.43. The Morgan fingerprint density at radius 1 is 1.03 bits per heavy atom. The lowest BCUT2D eigenvalue weighted by Crippen LogP contribution is -2.45. The third-order valence-corrected chi connectivity index (χ3v) is 7.25. The lowest BCUT2D eigenvalue weighted by Gasteiger charge is -2.33. The average Bonchev–Trinajstić information content (AvgIpc) is 3.06. The normalized spacial score (nSPS) is 19.6. The zero-order valence-electron chi connectivity index (χ0n) is 19.3. The summed E-state index contributed by atoms with van der Waals surface area (Å²) in [7, 11) is 2.15. The first-order valence-electron chi connectivity index (χ1n) is 11.6. The minimum absolute atomic E-state index is 0.0485. The maximum absolute atomic E-state index is 13.5. The molecule has 0 aromatic heterocycles. The van der Waals surface area contributed by atoms with Gasteiger partial charge in [-0.05, 0) is 68.6 Å². The summed E-state index contributed by atoms with van der Waals surface area (Å²) < 4.78 is 0.937. The molecule has 2 amide bonds. The van der Waals surface area contributed by atoms with Gasteiger partial charge in [0.2, 0.25) is 5.91 Å². The average molecular weight is 545 g/mol. The molecule has 7 nitrogen and oxygen atoms in total. The summed E-state index contributed by atoms with van der Waals surface area (Å²) in [5.74, 6) is -0.357. The molecular weight excluding hydrogens is 514 g/mol. The van der Waals surface area contributed by atoms with Crippen LogP contribution in [-0.2, 0) is 9.59 Å². The van der Waals surface area contributed by atoms with Crippen LogP contribution in [0.4, 0.5) is 11.4 Å². The van der Waals surface area contributed by atoms with E-state index in [1.54, 1.807) is 4.90 Å². The maximum Gasteiger partial charge on any atom is 0.256 e. The second-order valence-corrected chi connectivity index (χ2v) is 10.0. The molecule has 0 aliphatic carbocycles. The predicted octanol–water partition coefficient (Wildman–Crippen LogP) is 3.42. The zero-order chi connectivity index (χ0) is 24.1. The van der Waals surface area contributed by atoms with Gasteiger partial charge in [0, 0.05) is 42.9 Å². The van der Waals surface area contributed by atoms with Crippen LogP contribution in [0, 0.1) is 0 Å². The Hall–Kier alpha value is -2.33. The summed E-state index contributed by atoms with van der Waals surface area (Å²) >= 11 is 9.15. The molecule has 2 aliphatic heterocycles. The van der Waals surface area contributed by atoms with E-state index in [0.29, 0.717) is 17.3 Å². The first kappa shape index (κ1) is 24.8. The molecule has 1 atom stereocenters. The van der Waals surface area contributed by atoms with Crippen LogP contribution in [0.25, 0.3) is 0 Å². The number of anilines is 2. The molecule has 2 fully saturated rings. The fourth-order valence-corrected chi connectivity index (χ4v) is 5.04. The third kappa shape index (κ3) is 6.02. The molecule has 180 valence electrons. The summed E-state index contributed by atoms with van der Waals surface area (Å²) in [5, 5.41) is 3.37. The number of carbonyl (C=O) groups is 2. The number of nitrogens with one attached hydrogen (secondary N) is 1. The first-order valence-corrected chi connectivity index (χ1v) is 12.8. The van der Waals surface area contributed by atoms with Gasteiger partial charge >= 0.3 is 0 Å². The van der Waals surface area contributed by atoms with Crippen LogP contribution in [0.3, 0.4) is 0 Å². The number of nitrogens with zero attached hydrogens (tertiary/aromatic N) is 4. The number of amides is 2. The number of carbonyl (C=O) groups excluding carboxylic acids is 2. The standard InChI is InChI=1S/C25H30BrN5O2S/c1-28-14-16-29(17-15-28)12-5-13-30-22(18-23(32)27-20-10-8-19(26)9-11-20)24(33)31(25(30)34)21-6-3-2-4-7-21/h2-4,6-11,22H,5,12-18H2,1H3,(H,27,32)/t22-/m0/s1. The molecule has 0 radical (unpaired) electrons. The van der Waals surface area contributed by atoms with Crippen molar-refractivity contribution < 1.29 is 9.59 Å². The fraction of sp³-hybridized carbons (Fsp3) is 0.400. The Labute approximate surface area is 214 Å². The van der Waals surface area contributed by atoms with Crippen molar-refractivity contribution in [3.63, 3.8) is 0 Å². The molecule has 2 aromatic carbocycles. The number of para-hydroxylation sites is 1. The number of likely N-dealkylation sites (N-methyl/N-ethyl adjacent to an activating group) is 1. The van der Waals surface area contributed by atoms with Crippen molar-refractivity contribution in [2.45, 2.75) is 18.9 Å². The molecule has 2 heterocycles. The number of thiocarbonyl (C=S) groups is 1. The van der Waals surface area contributed by atoms with Crippen LogP contribution < -0.4 is 10.2 Å². The minimum atomic E-state index is -0.615. The van der Waals surface area contributed by atoms with Gasteiger partial charge < -0.3 is 20.0 Å². The molecule has 4 rings (SSSR count). The lowest BCUT2D eigenvalue weighted by molar-refractivity contribution is -0.124. The third-order valence-electron chi connectivity index (χ3n) is 6.31. The van der Waals surface area contributed by atoms with E-state index in [2.05, 4.69) is 38.1 Å². The Morgan fingerprint density at radius 2 is 1.71 bits per heavy atom. The number of benzene rings is 2. The highest BCUT2D eigenvalue weighted by Crippen LogP contribution is 2.27. The Balaban J connectivity index is 1.44. The summed E-state index contributed by atoms with van der Waals surface area (Å²) in [6.07, 6.45) is 0.928. The van der Waals surface area contributed by atoms with Gasteiger partial charge in [-0.15, -0.1) is 0 Å². The fourth-order valence-electron chi connectivity index (χ4n) is 4.36. The van der Waals surface area contributed by atoms with E-state index in [1.807, 2.05) is 59.5 Å². The van der Waals surface area contributed by atoms with Gasteiger partial charge in [0.15, 0.2) is 5.11 Å². The van der Waals surface area contributed by atoms with E-state index in [9.17, 15) is 9.59 Å². The van der Waals surface area contributed by atoms with Crippen LogP contribution in [0.2, 0.25) is 0 Å². The van der Waals surface area contributed by atoms with E-state index in [1.165, 1.54) is 0 Å². The lowest BCUT2D eigenvalue weighted by atomic mass is 10.1. The first-order chi connectivity index (χ1) is 16.4. The Morgan fingerprint density at radius 3 is 2.38 bits per heavy atom. The second-order valence-electron chi connectivity index (χ2n) is 8.76. The van der Waals surface area contributed by atoms with Crippen molar-refractivity contribution >= 4 is 56.4 Å². The van der Waals surface area contributed by atoms with Gasteiger partial charge in [0.1, 0.15) is 6.04 Å². The van der Waals surface area contributed by atoms with Crippen LogP contribution >= 0.6 is 28.1 Å². The van der Waals surface area contributed by atoms with Gasteiger partial charge in [-0.1, -0.05) is 34.1 Å². The second kappa shape index (κ2) is 11.4. The number of hydrogen-bond donors (Lipinski definition) is 1. The van der Waals surface area contributed by atoms with Crippen LogP contribution in [0.1, 0.15) is 12.8 Å². The SMILES string of the molecule is CN1CCN(CCCN2C(=S)N(c3ccccc3)C(=O)[C@@H]2CC(=O)Nc2ccc(Br)cc2)CC1. The number of hydrogen-bond acceptors (Lipinski definition) is 5. The predicted molar refractivity (Wildman–Crippen MR) is 143 cm³/mol. The monoisotopic (exact) mass is 543 g/mol. The van der Waals surface area contributed by atoms with Crippen molar-refractivity contribution in [3.8, 4) is 0 Å². The summed E-state index contributed by atoms with van der Waals surface area (Å²) in [5.41, 5.74) is 1.43. The Kier molecular flexibility index (Phi) is 8.31. The topological polar surface area (TPSA) is 59.1 Å². The zero-order valence-corrected chi connectivity index (χ0v) is 21.7. The molecule has 2 saturated heterocycles. The number of rotatable bonds is 8. The molecule has 0 saturated carbocycles. The molecule has 1 N–H and O–H groups in total. The minimum Gasteiger partial charge on any atom is -0.336 e. The molecule has 0 spiro atoms. The summed E-state index contributed by atoms with van der Waals surface area (Å²) in [4.78, 5) is 34.6. The highest BCUT2D eigenvalue weighted by atomic mass is 79.9. The molecule has 2 aromatic rings. The molecule has 2 aliphatic rings. The van der Waals surface area contributed by atoms with Gasteiger partial charge in [-0.2, -0.15) is 0 Å². The number of piperazine rings is 1. The van der Waals surface area contributed by atoms with Crippen molar-refractivity contribution in [2.75, 3.05) is 56.5 Å². The molecule has 34 heavy (non-hydrogen) atoms. The molecule has 9 heteroatoms.